The molecule has 6 heteroatoms. The van der Waals surface area contributed by atoms with E-state index < -0.39 is 0 Å². The van der Waals surface area contributed by atoms with Crippen LogP contribution in [0, 0.1) is 0 Å². The molecule has 16 heavy (non-hydrogen) atoms. The van der Waals surface area contributed by atoms with Gasteiger partial charge in [0.05, 0.1) is 13.2 Å². The van der Waals surface area contributed by atoms with Crippen molar-refractivity contribution in [1.82, 2.24) is 15.1 Å². The van der Waals surface area contributed by atoms with Crippen LogP contribution in [0.2, 0.25) is 5.15 Å². The topological polar surface area (TPSA) is 50.3 Å². The summed E-state index contributed by atoms with van der Waals surface area (Å²) in [6.45, 7) is 3.03. The maximum atomic E-state index is 5.61. The Kier molecular flexibility index (Phi) is 6.07. The van der Waals surface area contributed by atoms with Crippen LogP contribution in [-0.2, 0) is 4.74 Å². The molecule has 1 aromatic heterocycles. The van der Waals surface area contributed by atoms with Gasteiger partial charge in [-0.2, -0.15) is 0 Å². The zero-order valence-corrected chi connectivity index (χ0v) is 10.4. The van der Waals surface area contributed by atoms with Gasteiger partial charge >= 0.3 is 0 Å². The molecular formula is C10H17ClN4O. The van der Waals surface area contributed by atoms with Crippen LogP contribution in [0.5, 0.6) is 0 Å². The average Bonchev–Trinajstić information content (AvgIpc) is 2.25. The molecule has 1 aromatic rings. The van der Waals surface area contributed by atoms with Gasteiger partial charge in [0.15, 0.2) is 5.15 Å². The standard InChI is InChI=1S/C10H17ClN4O/c1-15(2)6-8-16-7-5-12-10-4-3-9(11)13-14-10/h3-4H,5-8H2,1-2H3,(H,12,14). The first kappa shape index (κ1) is 13.2. The third-order valence-corrected chi connectivity index (χ3v) is 2.07. The molecule has 0 atom stereocenters. The van der Waals surface area contributed by atoms with Crippen LogP contribution < -0.4 is 5.32 Å². The first-order chi connectivity index (χ1) is 7.68. The Labute approximate surface area is 101 Å². The minimum absolute atomic E-state index is 0.396. The number of hydrogen-bond acceptors (Lipinski definition) is 5. The van der Waals surface area contributed by atoms with Gasteiger partial charge in [-0.3, -0.25) is 0 Å². The summed E-state index contributed by atoms with van der Waals surface area (Å²) < 4.78 is 5.41. The van der Waals surface area contributed by atoms with Crippen molar-refractivity contribution >= 4 is 17.4 Å². The average molecular weight is 245 g/mol. The van der Waals surface area contributed by atoms with Gasteiger partial charge in [0.1, 0.15) is 5.82 Å². The number of hydrogen-bond donors (Lipinski definition) is 1. The van der Waals surface area contributed by atoms with E-state index in [1.54, 1.807) is 12.1 Å². The Balaban J connectivity index is 2.05. The maximum Gasteiger partial charge on any atom is 0.151 e. The molecule has 1 N–H and O–H groups in total. The van der Waals surface area contributed by atoms with Crippen LogP contribution in [0.15, 0.2) is 12.1 Å². The number of aromatic nitrogens is 2. The normalized spacial score (nSPS) is 10.8. The van der Waals surface area contributed by atoms with Crippen molar-refractivity contribution in [3.8, 4) is 0 Å². The van der Waals surface area contributed by atoms with E-state index in [2.05, 4.69) is 20.4 Å². The first-order valence-corrected chi connectivity index (χ1v) is 5.52. The molecule has 0 amide bonds. The van der Waals surface area contributed by atoms with Gasteiger partial charge < -0.3 is 15.0 Å². The smallest absolute Gasteiger partial charge is 0.151 e. The third kappa shape index (κ3) is 5.85. The molecule has 90 valence electrons. The molecule has 0 bridgehead atoms. The molecule has 0 fully saturated rings. The zero-order chi connectivity index (χ0) is 11.8. The minimum Gasteiger partial charge on any atom is -0.378 e. The van der Waals surface area contributed by atoms with Crippen molar-refractivity contribution in [2.45, 2.75) is 0 Å². The van der Waals surface area contributed by atoms with Crippen LogP contribution in [-0.4, -0.2) is 55.5 Å². The maximum absolute atomic E-state index is 5.61. The highest BCUT2D eigenvalue weighted by Gasteiger charge is 1.95. The largest absolute Gasteiger partial charge is 0.378 e. The van der Waals surface area contributed by atoms with E-state index in [0.29, 0.717) is 24.1 Å². The number of ether oxygens (including phenoxy) is 1. The molecule has 5 nitrogen and oxygen atoms in total. The molecule has 0 aromatic carbocycles. The lowest BCUT2D eigenvalue weighted by Gasteiger charge is -2.10. The Morgan fingerprint density at radius 2 is 2.12 bits per heavy atom. The van der Waals surface area contributed by atoms with E-state index in [-0.39, 0.29) is 0 Å². The SMILES string of the molecule is CN(C)CCOCCNc1ccc(Cl)nn1. The lowest BCUT2D eigenvalue weighted by atomic mass is 10.5. The summed E-state index contributed by atoms with van der Waals surface area (Å²) >= 11 is 5.61. The minimum atomic E-state index is 0.396. The van der Waals surface area contributed by atoms with Crippen LogP contribution in [0.4, 0.5) is 5.82 Å². The lowest BCUT2D eigenvalue weighted by Crippen LogP contribution is -2.20. The number of rotatable bonds is 7. The number of likely N-dealkylation sites (N-methyl/N-ethyl adjacent to an activating group) is 1. The molecule has 0 spiro atoms. The molecule has 0 saturated heterocycles. The quantitative estimate of drug-likeness (QED) is 0.729. The van der Waals surface area contributed by atoms with Gasteiger partial charge in [-0.25, -0.2) is 0 Å². The highest BCUT2D eigenvalue weighted by Crippen LogP contribution is 2.05. The highest BCUT2D eigenvalue weighted by molar-refractivity contribution is 6.29. The predicted octanol–water partition coefficient (Wildman–Crippen LogP) is 1.12. The van der Waals surface area contributed by atoms with Gasteiger partial charge in [-0.05, 0) is 26.2 Å². The lowest BCUT2D eigenvalue weighted by molar-refractivity contribution is 0.126. The molecular weight excluding hydrogens is 228 g/mol. The highest BCUT2D eigenvalue weighted by atomic mass is 35.5. The van der Waals surface area contributed by atoms with Crippen molar-refractivity contribution in [2.75, 3.05) is 45.7 Å². The molecule has 0 aliphatic heterocycles. The van der Waals surface area contributed by atoms with E-state index in [4.69, 9.17) is 16.3 Å². The summed E-state index contributed by atoms with van der Waals surface area (Å²) in [4.78, 5) is 2.08. The second kappa shape index (κ2) is 7.38. The molecule has 0 radical (unpaired) electrons. The Morgan fingerprint density at radius 3 is 2.75 bits per heavy atom. The Bertz CT molecular complexity index is 291. The first-order valence-electron chi connectivity index (χ1n) is 5.14. The molecule has 0 aliphatic rings. The predicted molar refractivity (Wildman–Crippen MR) is 64.9 cm³/mol. The van der Waals surface area contributed by atoms with Crippen molar-refractivity contribution in [2.24, 2.45) is 0 Å². The fourth-order valence-corrected chi connectivity index (χ4v) is 1.11. The summed E-state index contributed by atoms with van der Waals surface area (Å²) in [7, 11) is 4.04. The number of anilines is 1. The summed E-state index contributed by atoms with van der Waals surface area (Å²) in [5.41, 5.74) is 0. The summed E-state index contributed by atoms with van der Waals surface area (Å²) in [5.74, 6) is 0.709. The Hall–Kier alpha value is -0.910. The van der Waals surface area contributed by atoms with Crippen LogP contribution >= 0.6 is 11.6 Å². The summed E-state index contributed by atoms with van der Waals surface area (Å²) in [5, 5.41) is 11.1. The van der Waals surface area contributed by atoms with E-state index in [1.165, 1.54) is 0 Å². The summed E-state index contributed by atoms with van der Waals surface area (Å²) in [6.07, 6.45) is 0. The monoisotopic (exact) mass is 244 g/mol. The second-order valence-corrected chi connectivity index (χ2v) is 3.97. The fraction of sp³-hybridized carbons (Fsp3) is 0.600. The molecule has 0 unspecified atom stereocenters. The van der Waals surface area contributed by atoms with Crippen LogP contribution in [0.1, 0.15) is 0 Å². The van der Waals surface area contributed by atoms with Crippen LogP contribution in [0.3, 0.4) is 0 Å². The van der Waals surface area contributed by atoms with Crippen molar-refractivity contribution < 1.29 is 4.74 Å². The van der Waals surface area contributed by atoms with Crippen molar-refractivity contribution in [1.29, 1.82) is 0 Å². The van der Waals surface area contributed by atoms with Crippen molar-refractivity contribution in [3.63, 3.8) is 0 Å². The van der Waals surface area contributed by atoms with E-state index >= 15 is 0 Å². The van der Waals surface area contributed by atoms with Gasteiger partial charge in [-0.1, -0.05) is 11.6 Å². The molecule has 1 rings (SSSR count). The van der Waals surface area contributed by atoms with Gasteiger partial charge in [0, 0.05) is 13.1 Å². The van der Waals surface area contributed by atoms with E-state index in [0.717, 1.165) is 13.2 Å². The van der Waals surface area contributed by atoms with E-state index in [1.807, 2.05) is 14.1 Å². The fourth-order valence-electron chi connectivity index (χ4n) is 1.01. The number of nitrogens with zero attached hydrogens (tertiary/aromatic N) is 3. The third-order valence-electron chi connectivity index (χ3n) is 1.87. The van der Waals surface area contributed by atoms with Crippen LogP contribution in [0.25, 0.3) is 0 Å². The zero-order valence-electron chi connectivity index (χ0n) is 9.61. The molecule has 0 saturated carbocycles. The summed E-state index contributed by atoms with van der Waals surface area (Å²) in [6, 6.07) is 3.49. The van der Waals surface area contributed by atoms with Gasteiger partial charge in [0.25, 0.3) is 0 Å². The van der Waals surface area contributed by atoms with E-state index in [9.17, 15) is 0 Å². The van der Waals surface area contributed by atoms with Gasteiger partial charge in [0.2, 0.25) is 0 Å². The number of halogens is 1. The second-order valence-electron chi connectivity index (χ2n) is 3.58. The van der Waals surface area contributed by atoms with Gasteiger partial charge in [-0.15, -0.1) is 10.2 Å². The molecule has 0 aliphatic carbocycles. The number of nitrogens with one attached hydrogen (secondary N) is 1. The molecule has 1 heterocycles. The Morgan fingerprint density at radius 1 is 1.31 bits per heavy atom. The van der Waals surface area contributed by atoms with Crippen molar-refractivity contribution in [3.05, 3.63) is 17.3 Å².